The molecule has 1 aliphatic rings. The minimum Gasteiger partial charge on any atom is -0.481 e. The van der Waals surface area contributed by atoms with Gasteiger partial charge in [0.05, 0.1) is 6.42 Å². The molecule has 1 rings (SSSR count). The van der Waals surface area contributed by atoms with E-state index in [1.54, 1.807) is 0 Å². The van der Waals surface area contributed by atoms with Crippen molar-refractivity contribution in [3.8, 4) is 0 Å². The second-order valence-electron chi connectivity index (χ2n) is 4.42. The molecule has 80 valence electrons. The van der Waals surface area contributed by atoms with Crippen LogP contribution in [0.1, 0.15) is 51.9 Å². The zero-order chi connectivity index (χ0) is 10.6. The fourth-order valence-corrected chi connectivity index (χ4v) is 2.25. The second kappa shape index (κ2) is 4.58. The first kappa shape index (κ1) is 11.2. The molecule has 0 radical (unpaired) electrons. The van der Waals surface area contributed by atoms with Crippen LogP contribution in [0.2, 0.25) is 0 Å². The molecule has 0 aromatic rings. The van der Waals surface area contributed by atoms with Gasteiger partial charge in [0.15, 0.2) is 0 Å². The Balaban J connectivity index is 2.38. The highest BCUT2D eigenvalue weighted by Crippen LogP contribution is 2.45. The summed E-state index contributed by atoms with van der Waals surface area (Å²) in [6, 6.07) is 0. The molecule has 0 saturated heterocycles. The highest BCUT2D eigenvalue weighted by molar-refractivity contribution is 5.87. The molecule has 0 atom stereocenters. The van der Waals surface area contributed by atoms with E-state index in [9.17, 15) is 9.59 Å². The van der Waals surface area contributed by atoms with Crippen molar-refractivity contribution in [2.45, 2.75) is 51.9 Å². The van der Waals surface area contributed by atoms with Crippen molar-refractivity contribution < 1.29 is 14.7 Å². The highest BCUT2D eigenvalue weighted by Gasteiger charge is 2.44. The first-order chi connectivity index (χ1) is 6.58. The molecule has 0 aromatic carbocycles. The topological polar surface area (TPSA) is 54.4 Å². The Kier molecular flexibility index (Phi) is 3.67. The minimum absolute atomic E-state index is 0.169. The molecule has 1 N–H and O–H groups in total. The lowest BCUT2D eigenvalue weighted by Crippen LogP contribution is -2.39. The molecule has 0 heterocycles. The third kappa shape index (κ3) is 2.82. The maximum atomic E-state index is 10.9. The number of ketones is 1. The van der Waals surface area contributed by atoms with E-state index in [1.807, 2.05) is 0 Å². The summed E-state index contributed by atoms with van der Waals surface area (Å²) in [5, 5.41) is 8.75. The summed E-state index contributed by atoms with van der Waals surface area (Å²) in [6.45, 7) is 2.12. The molecule has 3 heteroatoms. The molecule has 1 saturated carbocycles. The zero-order valence-corrected chi connectivity index (χ0v) is 8.71. The van der Waals surface area contributed by atoms with Crippen LogP contribution in [0.3, 0.4) is 0 Å². The monoisotopic (exact) mass is 198 g/mol. The first-order valence-electron chi connectivity index (χ1n) is 5.31. The van der Waals surface area contributed by atoms with Crippen LogP contribution >= 0.6 is 0 Å². The molecule has 0 unspecified atom stereocenters. The maximum Gasteiger partial charge on any atom is 0.303 e. The second-order valence-corrected chi connectivity index (χ2v) is 4.42. The number of hydrogen-bond acceptors (Lipinski definition) is 2. The predicted octanol–water partition coefficient (Wildman–Crippen LogP) is 2.39. The van der Waals surface area contributed by atoms with Crippen molar-refractivity contribution in [3.63, 3.8) is 0 Å². The van der Waals surface area contributed by atoms with Crippen molar-refractivity contribution in [1.82, 2.24) is 0 Å². The number of unbranched alkanes of at least 4 members (excludes halogenated alkanes) is 2. The lowest BCUT2D eigenvalue weighted by Gasteiger charge is -2.39. The molecule has 0 bridgehead atoms. The van der Waals surface area contributed by atoms with Crippen molar-refractivity contribution in [3.05, 3.63) is 0 Å². The molecule has 1 fully saturated rings. The Morgan fingerprint density at radius 3 is 2.50 bits per heavy atom. The van der Waals surface area contributed by atoms with E-state index in [0.29, 0.717) is 12.8 Å². The van der Waals surface area contributed by atoms with Gasteiger partial charge in [0.1, 0.15) is 5.78 Å². The maximum absolute atomic E-state index is 10.9. The summed E-state index contributed by atoms with van der Waals surface area (Å²) in [5.41, 5.74) is -0.182. The number of carbonyl (C=O) groups excluding carboxylic acids is 1. The van der Waals surface area contributed by atoms with E-state index < -0.39 is 5.97 Å². The van der Waals surface area contributed by atoms with Gasteiger partial charge in [-0.2, -0.15) is 0 Å². The van der Waals surface area contributed by atoms with E-state index in [2.05, 4.69) is 6.92 Å². The van der Waals surface area contributed by atoms with Gasteiger partial charge in [0, 0.05) is 12.8 Å². The van der Waals surface area contributed by atoms with Gasteiger partial charge >= 0.3 is 5.97 Å². The van der Waals surface area contributed by atoms with Gasteiger partial charge in [-0.25, -0.2) is 0 Å². The van der Waals surface area contributed by atoms with E-state index in [0.717, 1.165) is 25.7 Å². The lowest BCUT2D eigenvalue weighted by molar-refractivity contribution is -0.145. The molecular weight excluding hydrogens is 180 g/mol. The van der Waals surface area contributed by atoms with Gasteiger partial charge in [-0.1, -0.05) is 26.2 Å². The average molecular weight is 198 g/mol. The third-order valence-corrected chi connectivity index (χ3v) is 2.98. The molecule has 0 spiro atoms. The number of carboxylic acids is 1. The summed E-state index contributed by atoms with van der Waals surface area (Å²) in [6.07, 6.45) is 5.37. The van der Waals surface area contributed by atoms with Gasteiger partial charge in [-0.15, -0.1) is 0 Å². The Morgan fingerprint density at radius 2 is 2.07 bits per heavy atom. The van der Waals surface area contributed by atoms with Crippen LogP contribution in [0.25, 0.3) is 0 Å². The van der Waals surface area contributed by atoms with E-state index in [1.165, 1.54) is 0 Å². The lowest BCUT2D eigenvalue weighted by atomic mass is 9.63. The van der Waals surface area contributed by atoms with Crippen molar-refractivity contribution >= 4 is 11.8 Å². The molecule has 1 aliphatic carbocycles. The number of aliphatic carboxylic acids is 1. The fourth-order valence-electron chi connectivity index (χ4n) is 2.25. The van der Waals surface area contributed by atoms with Crippen molar-refractivity contribution in [1.29, 1.82) is 0 Å². The van der Waals surface area contributed by atoms with Gasteiger partial charge < -0.3 is 5.11 Å². The summed E-state index contributed by atoms with van der Waals surface area (Å²) >= 11 is 0. The minimum atomic E-state index is -0.769. The normalized spacial score (nSPS) is 19.1. The van der Waals surface area contributed by atoms with Crippen molar-refractivity contribution in [2.75, 3.05) is 0 Å². The van der Waals surface area contributed by atoms with E-state index >= 15 is 0 Å². The molecule has 0 aromatic heterocycles. The van der Waals surface area contributed by atoms with Crippen molar-refractivity contribution in [2.24, 2.45) is 5.41 Å². The predicted molar refractivity (Wildman–Crippen MR) is 53.1 cm³/mol. The average Bonchev–Trinajstić information content (AvgIpc) is 2.01. The molecule has 3 nitrogen and oxygen atoms in total. The Hall–Kier alpha value is -0.860. The summed E-state index contributed by atoms with van der Waals surface area (Å²) < 4.78 is 0. The fraction of sp³-hybridized carbons (Fsp3) is 0.818. The summed E-state index contributed by atoms with van der Waals surface area (Å²) in [5.74, 6) is -0.545. The standard InChI is InChI=1S/C11H18O3/c1-2-3-4-5-11(8-10(13)14)6-9(12)7-11/h2-8H2,1H3,(H,13,14). The molecule has 0 aliphatic heterocycles. The van der Waals surface area contributed by atoms with Gasteiger partial charge in [0.2, 0.25) is 0 Å². The molecular formula is C11H18O3. The van der Waals surface area contributed by atoms with Gasteiger partial charge in [-0.05, 0) is 11.8 Å². The van der Waals surface area contributed by atoms with Crippen LogP contribution in [0.5, 0.6) is 0 Å². The third-order valence-electron chi connectivity index (χ3n) is 2.98. The number of carboxylic acid groups (broad SMARTS) is 1. The number of rotatable bonds is 6. The number of Topliss-reactive ketones (excluding diaryl/α,β-unsaturated/α-hetero) is 1. The van der Waals surface area contributed by atoms with Gasteiger partial charge in [0.25, 0.3) is 0 Å². The zero-order valence-electron chi connectivity index (χ0n) is 8.71. The molecule has 14 heavy (non-hydrogen) atoms. The molecule has 0 amide bonds. The highest BCUT2D eigenvalue weighted by atomic mass is 16.4. The Morgan fingerprint density at radius 1 is 1.43 bits per heavy atom. The van der Waals surface area contributed by atoms with Crippen LogP contribution in [0.15, 0.2) is 0 Å². The van der Waals surface area contributed by atoms with Crippen LogP contribution in [0.4, 0.5) is 0 Å². The van der Waals surface area contributed by atoms with Gasteiger partial charge in [-0.3, -0.25) is 9.59 Å². The number of carbonyl (C=O) groups is 2. The Bertz CT molecular complexity index is 225. The summed E-state index contributed by atoms with van der Waals surface area (Å²) in [4.78, 5) is 21.6. The summed E-state index contributed by atoms with van der Waals surface area (Å²) in [7, 11) is 0. The SMILES string of the molecule is CCCCCC1(CC(=O)O)CC(=O)C1. The smallest absolute Gasteiger partial charge is 0.303 e. The van der Waals surface area contributed by atoms with E-state index in [4.69, 9.17) is 5.11 Å². The van der Waals surface area contributed by atoms with Crippen LogP contribution in [-0.2, 0) is 9.59 Å². The first-order valence-corrected chi connectivity index (χ1v) is 5.31. The van der Waals surface area contributed by atoms with Crippen LogP contribution in [0, 0.1) is 5.41 Å². The quantitative estimate of drug-likeness (QED) is 0.667. The van der Waals surface area contributed by atoms with Crippen LogP contribution in [-0.4, -0.2) is 16.9 Å². The number of hydrogen-bond donors (Lipinski definition) is 1. The Labute approximate surface area is 84.5 Å². The van der Waals surface area contributed by atoms with Crippen LogP contribution < -0.4 is 0 Å². The largest absolute Gasteiger partial charge is 0.481 e. The van der Waals surface area contributed by atoms with E-state index in [-0.39, 0.29) is 17.6 Å².